The Labute approximate surface area is 127 Å². The Morgan fingerprint density at radius 1 is 1.35 bits per heavy atom. The fraction of sp³-hybridized carbons (Fsp3) is 0.538. The lowest BCUT2D eigenvalue weighted by Crippen LogP contribution is -2.22. The SMILES string of the molecule is CCn1nccc1C(O)c1c(Br)cnn1CCN(C)C. The molecule has 110 valence electrons. The highest BCUT2D eigenvalue weighted by molar-refractivity contribution is 9.10. The summed E-state index contributed by atoms with van der Waals surface area (Å²) in [5, 5.41) is 19.2. The normalized spacial score (nSPS) is 13.1. The van der Waals surface area contributed by atoms with Gasteiger partial charge in [0.25, 0.3) is 0 Å². The zero-order chi connectivity index (χ0) is 14.7. The molecule has 0 radical (unpaired) electrons. The van der Waals surface area contributed by atoms with Gasteiger partial charge < -0.3 is 10.0 Å². The molecule has 0 bridgehead atoms. The molecule has 2 aromatic heterocycles. The average molecular weight is 342 g/mol. The van der Waals surface area contributed by atoms with Gasteiger partial charge in [0.1, 0.15) is 6.10 Å². The van der Waals surface area contributed by atoms with E-state index in [0.717, 1.165) is 35.5 Å². The Hall–Kier alpha value is -1.18. The van der Waals surface area contributed by atoms with E-state index in [1.54, 1.807) is 17.1 Å². The number of aromatic nitrogens is 4. The second kappa shape index (κ2) is 6.51. The molecule has 2 aromatic rings. The molecule has 0 saturated carbocycles. The number of hydrogen-bond acceptors (Lipinski definition) is 4. The maximum absolute atomic E-state index is 10.6. The summed E-state index contributed by atoms with van der Waals surface area (Å²) in [4.78, 5) is 2.09. The van der Waals surface area contributed by atoms with Crippen molar-refractivity contribution in [3.8, 4) is 0 Å². The molecule has 0 aliphatic heterocycles. The highest BCUT2D eigenvalue weighted by atomic mass is 79.9. The molecule has 0 aliphatic rings. The van der Waals surface area contributed by atoms with Gasteiger partial charge in [0.15, 0.2) is 0 Å². The van der Waals surface area contributed by atoms with Gasteiger partial charge >= 0.3 is 0 Å². The summed E-state index contributed by atoms with van der Waals surface area (Å²) in [6.07, 6.45) is 2.69. The molecular formula is C13H20BrN5O. The first kappa shape index (κ1) is 15.2. The van der Waals surface area contributed by atoms with Crippen LogP contribution in [0.4, 0.5) is 0 Å². The van der Waals surface area contributed by atoms with Crippen LogP contribution in [0.2, 0.25) is 0 Å². The number of halogens is 1. The summed E-state index contributed by atoms with van der Waals surface area (Å²) in [6.45, 7) is 4.32. The minimum Gasteiger partial charge on any atom is -0.380 e. The van der Waals surface area contributed by atoms with Crippen molar-refractivity contribution in [3.63, 3.8) is 0 Å². The Morgan fingerprint density at radius 2 is 2.10 bits per heavy atom. The molecule has 20 heavy (non-hydrogen) atoms. The van der Waals surface area contributed by atoms with Crippen LogP contribution in [0.1, 0.15) is 24.4 Å². The molecule has 0 aromatic carbocycles. The molecule has 6 nitrogen and oxygen atoms in total. The fourth-order valence-corrected chi connectivity index (χ4v) is 2.61. The number of aliphatic hydroxyl groups is 1. The van der Waals surface area contributed by atoms with Crippen LogP contribution in [0.15, 0.2) is 22.9 Å². The van der Waals surface area contributed by atoms with Gasteiger partial charge in [-0.15, -0.1) is 0 Å². The van der Waals surface area contributed by atoms with Gasteiger partial charge in [-0.05, 0) is 43.0 Å². The number of likely N-dealkylation sites (N-methyl/N-ethyl adjacent to an activating group) is 1. The summed E-state index contributed by atoms with van der Waals surface area (Å²) >= 11 is 3.47. The van der Waals surface area contributed by atoms with Crippen molar-refractivity contribution in [2.75, 3.05) is 20.6 Å². The van der Waals surface area contributed by atoms with E-state index in [4.69, 9.17) is 0 Å². The zero-order valence-corrected chi connectivity index (χ0v) is 13.6. The molecule has 0 aliphatic carbocycles. The predicted octanol–water partition coefficient (Wildman–Crippen LogP) is 1.51. The Balaban J connectivity index is 2.29. The van der Waals surface area contributed by atoms with E-state index in [1.807, 2.05) is 31.8 Å². The van der Waals surface area contributed by atoms with Crippen LogP contribution in [0.5, 0.6) is 0 Å². The van der Waals surface area contributed by atoms with Crippen LogP contribution in [-0.2, 0) is 13.1 Å². The first-order valence-corrected chi connectivity index (χ1v) is 7.39. The van der Waals surface area contributed by atoms with E-state index in [2.05, 4.69) is 31.0 Å². The van der Waals surface area contributed by atoms with Gasteiger partial charge in [0.05, 0.1) is 28.6 Å². The molecule has 0 spiro atoms. The highest BCUT2D eigenvalue weighted by Gasteiger charge is 2.22. The lowest BCUT2D eigenvalue weighted by atomic mass is 10.2. The summed E-state index contributed by atoms with van der Waals surface area (Å²) in [5.74, 6) is 0. The number of aliphatic hydroxyl groups excluding tert-OH is 1. The van der Waals surface area contributed by atoms with E-state index in [-0.39, 0.29) is 0 Å². The molecule has 1 unspecified atom stereocenters. The number of nitrogens with zero attached hydrogens (tertiary/aromatic N) is 5. The van der Waals surface area contributed by atoms with E-state index in [0.29, 0.717) is 0 Å². The van der Waals surface area contributed by atoms with Gasteiger partial charge in [0.2, 0.25) is 0 Å². The topological polar surface area (TPSA) is 59.1 Å². The first-order valence-electron chi connectivity index (χ1n) is 6.60. The van der Waals surface area contributed by atoms with Crippen molar-refractivity contribution >= 4 is 15.9 Å². The Kier molecular flexibility index (Phi) is 4.95. The fourth-order valence-electron chi connectivity index (χ4n) is 2.10. The first-order chi connectivity index (χ1) is 9.54. The van der Waals surface area contributed by atoms with Crippen LogP contribution in [-0.4, -0.2) is 50.2 Å². The third kappa shape index (κ3) is 3.11. The van der Waals surface area contributed by atoms with Gasteiger partial charge in [-0.2, -0.15) is 10.2 Å². The Morgan fingerprint density at radius 3 is 2.75 bits per heavy atom. The molecule has 0 saturated heterocycles. The highest BCUT2D eigenvalue weighted by Crippen LogP contribution is 2.28. The number of hydrogen-bond donors (Lipinski definition) is 1. The zero-order valence-electron chi connectivity index (χ0n) is 12.0. The Bertz CT molecular complexity index is 563. The molecule has 0 amide bonds. The van der Waals surface area contributed by atoms with Crippen LogP contribution in [0.3, 0.4) is 0 Å². The van der Waals surface area contributed by atoms with Crippen molar-refractivity contribution in [3.05, 3.63) is 34.3 Å². The molecule has 7 heteroatoms. The van der Waals surface area contributed by atoms with Crippen molar-refractivity contribution in [2.24, 2.45) is 0 Å². The maximum atomic E-state index is 10.6. The van der Waals surface area contributed by atoms with Crippen LogP contribution in [0.25, 0.3) is 0 Å². The second-order valence-corrected chi connectivity index (χ2v) is 5.73. The van der Waals surface area contributed by atoms with E-state index in [9.17, 15) is 5.11 Å². The number of rotatable bonds is 6. The average Bonchev–Trinajstić information content (AvgIpc) is 3.01. The molecule has 1 atom stereocenters. The van der Waals surface area contributed by atoms with Crippen LogP contribution >= 0.6 is 15.9 Å². The minimum absolute atomic E-state index is 0.725. The molecule has 2 rings (SSSR count). The molecule has 0 fully saturated rings. The van der Waals surface area contributed by atoms with Gasteiger partial charge in [-0.25, -0.2) is 0 Å². The van der Waals surface area contributed by atoms with Crippen molar-refractivity contribution in [1.82, 2.24) is 24.5 Å². The van der Waals surface area contributed by atoms with E-state index >= 15 is 0 Å². The van der Waals surface area contributed by atoms with Crippen LogP contribution < -0.4 is 0 Å². The van der Waals surface area contributed by atoms with Crippen LogP contribution in [0, 0.1) is 0 Å². The third-order valence-corrected chi connectivity index (χ3v) is 3.79. The van der Waals surface area contributed by atoms with Gasteiger partial charge in [-0.1, -0.05) is 0 Å². The summed E-state index contributed by atoms with van der Waals surface area (Å²) in [5.41, 5.74) is 1.54. The smallest absolute Gasteiger partial charge is 0.138 e. The van der Waals surface area contributed by atoms with Gasteiger partial charge in [0, 0.05) is 19.3 Å². The summed E-state index contributed by atoms with van der Waals surface area (Å²) in [7, 11) is 4.03. The predicted molar refractivity (Wildman–Crippen MR) is 80.4 cm³/mol. The second-order valence-electron chi connectivity index (χ2n) is 4.88. The standard InChI is InChI=1S/C13H20BrN5O/c1-4-18-11(5-6-15-18)13(20)12-10(14)9-16-19(12)8-7-17(2)3/h5-6,9,13,20H,4,7-8H2,1-3H3. The van der Waals surface area contributed by atoms with Crippen molar-refractivity contribution in [2.45, 2.75) is 26.1 Å². The third-order valence-electron chi connectivity index (χ3n) is 3.18. The summed E-state index contributed by atoms with van der Waals surface area (Å²) < 4.78 is 4.44. The molecule has 2 heterocycles. The largest absolute Gasteiger partial charge is 0.380 e. The number of aryl methyl sites for hydroxylation is 1. The minimum atomic E-state index is -0.739. The lowest BCUT2D eigenvalue weighted by molar-refractivity contribution is 0.193. The summed E-state index contributed by atoms with van der Waals surface area (Å²) in [6, 6.07) is 1.84. The monoisotopic (exact) mass is 341 g/mol. The van der Waals surface area contributed by atoms with Crippen molar-refractivity contribution < 1.29 is 5.11 Å². The van der Waals surface area contributed by atoms with Gasteiger partial charge in [-0.3, -0.25) is 9.36 Å². The molecular weight excluding hydrogens is 322 g/mol. The van der Waals surface area contributed by atoms with Crippen molar-refractivity contribution in [1.29, 1.82) is 0 Å². The molecule has 1 N–H and O–H groups in total. The van der Waals surface area contributed by atoms with E-state index < -0.39 is 6.10 Å². The maximum Gasteiger partial charge on any atom is 0.138 e. The quantitative estimate of drug-likeness (QED) is 0.865. The lowest BCUT2D eigenvalue weighted by Gasteiger charge is -2.17. The van der Waals surface area contributed by atoms with E-state index in [1.165, 1.54) is 0 Å².